The van der Waals surface area contributed by atoms with Crippen LogP contribution in [0.1, 0.15) is 19.7 Å². The third-order valence-electron chi connectivity index (χ3n) is 2.39. The molecule has 0 fully saturated rings. The predicted octanol–water partition coefficient (Wildman–Crippen LogP) is 4.25. The number of aromatic nitrogens is 1. The average Bonchev–Trinajstić information content (AvgIpc) is 2.73. The quantitative estimate of drug-likeness (QED) is 0.747. The third kappa shape index (κ3) is 3.37. The molecule has 0 atom stereocenters. The standard InChI is InChI=1S/C12H15ClNO4P/c1-3-16-19(15,17-4-2)8-11-14-12-9(13)6-5-7-10(12)18-11/h5-7H,3-4,8H2,1-2H3. The molecular weight excluding hydrogens is 289 g/mol. The Labute approximate surface area is 116 Å². The van der Waals surface area contributed by atoms with Crippen molar-refractivity contribution < 1.29 is 18.0 Å². The minimum Gasteiger partial charge on any atom is -0.440 e. The number of para-hydroxylation sites is 1. The molecule has 0 aliphatic carbocycles. The van der Waals surface area contributed by atoms with E-state index in [-0.39, 0.29) is 6.16 Å². The molecular formula is C12H15ClNO4P. The van der Waals surface area contributed by atoms with E-state index in [1.54, 1.807) is 32.0 Å². The van der Waals surface area contributed by atoms with Crippen molar-refractivity contribution in [2.75, 3.05) is 13.2 Å². The molecule has 0 aliphatic rings. The molecule has 0 N–H and O–H groups in total. The lowest BCUT2D eigenvalue weighted by Gasteiger charge is -2.14. The Kier molecular flexibility index (Phi) is 4.63. The van der Waals surface area contributed by atoms with Crippen molar-refractivity contribution in [3.8, 4) is 0 Å². The summed E-state index contributed by atoms with van der Waals surface area (Å²) >= 11 is 6.01. The van der Waals surface area contributed by atoms with E-state index < -0.39 is 7.60 Å². The number of benzene rings is 1. The highest BCUT2D eigenvalue weighted by Crippen LogP contribution is 2.51. The summed E-state index contributed by atoms with van der Waals surface area (Å²) in [4.78, 5) is 4.23. The molecule has 2 aromatic rings. The number of halogens is 1. The zero-order valence-electron chi connectivity index (χ0n) is 10.8. The number of nitrogens with zero attached hydrogens (tertiary/aromatic N) is 1. The molecule has 7 heteroatoms. The Morgan fingerprint density at radius 1 is 1.32 bits per heavy atom. The Bertz CT molecular complexity index is 603. The van der Waals surface area contributed by atoms with Crippen LogP contribution in [0.4, 0.5) is 0 Å². The van der Waals surface area contributed by atoms with Crippen LogP contribution in [0.2, 0.25) is 5.02 Å². The van der Waals surface area contributed by atoms with Crippen LogP contribution in [0.3, 0.4) is 0 Å². The van der Waals surface area contributed by atoms with Crippen LogP contribution < -0.4 is 0 Å². The predicted molar refractivity (Wildman–Crippen MR) is 73.6 cm³/mol. The van der Waals surface area contributed by atoms with Gasteiger partial charge in [0.15, 0.2) is 5.58 Å². The van der Waals surface area contributed by atoms with Gasteiger partial charge < -0.3 is 13.5 Å². The average molecular weight is 304 g/mol. The van der Waals surface area contributed by atoms with Gasteiger partial charge in [-0.3, -0.25) is 4.57 Å². The van der Waals surface area contributed by atoms with Gasteiger partial charge in [0, 0.05) is 0 Å². The minimum absolute atomic E-state index is 0.000309. The molecule has 1 heterocycles. The summed E-state index contributed by atoms with van der Waals surface area (Å²) in [5.74, 6) is 0.299. The number of rotatable bonds is 6. The van der Waals surface area contributed by atoms with Crippen LogP contribution in [0.25, 0.3) is 11.1 Å². The molecule has 1 aromatic carbocycles. The SMILES string of the molecule is CCOP(=O)(Cc1nc2c(Cl)cccc2o1)OCC. The summed E-state index contributed by atoms with van der Waals surface area (Å²) in [6.07, 6.45) is -0.000309. The summed E-state index contributed by atoms with van der Waals surface area (Å²) in [5, 5.41) is 0.496. The number of oxazole rings is 1. The third-order valence-corrected chi connectivity index (χ3v) is 4.66. The molecule has 0 unspecified atom stereocenters. The molecule has 0 amide bonds. The fourth-order valence-electron chi connectivity index (χ4n) is 1.72. The topological polar surface area (TPSA) is 61.6 Å². The van der Waals surface area contributed by atoms with E-state index in [0.717, 1.165) is 0 Å². The molecule has 104 valence electrons. The fourth-order valence-corrected chi connectivity index (χ4v) is 3.43. The second kappa shape index (κ2) is 6.06. The number of hydrogen-bond acceptors (Lipinski definition) is 5. The van der Waals surface area contributed by atoms with Crippen molar-refractivity contribution in [1.82, 2.24) is 4.98 Å². The summed E-state index contributed by atoms with van der Waals surface area (Å²) in [5.41, 5.74) is 1.11. The van der Waals surface area contributed by atoms with Crippen molar-refractivity contribution in [1.29, 1.82) is 0 Å². The molecule has 0 saturated heterocycles. The van der Waals surface area contributed by atoms with Crippen molar-refractivity contribution in [2.45, 2.75) is 20.0 Å². The Morgan fingerprint density at radius 3 is 2.58 bits per heavy atom. The van der Waals surface area contributed by atoms with Crippen LogP contribution >= 0.6 is 19.2 Å². The molecule has 0 spiro atoms. The fraction of sp³-hybridized carbons (Fsp3) is 0.417. The number of fused-ring (bicyclic) bond motifs is 1. The molecule has 2 rings (SSSR count). The lowest BCUT2D eigenvalue weighted by molar-refractivity contribution is 0.217. The van der Waals surface area contributed by atoms with E-state index in [0.29, 0.717) is 35.2 Å². The Balaban J connectivity index is 2.29. The summed E-state index contributed by atoms with van der Waals surface area (Å²) in [7, 11) is -3.21. The van der Waals surface area contributed by atoms with Crippen molar-refractivity contribution >= 4 is 30.3 Å². The molecule has 0 saturated carbocycles. The van der Waals surface area contributed by atoms with E-state index in [9.17, 15) is 4.57 Å². The van der Waals surface area contributed by atoms with Crippen molar-refractivity contribution in [2.24, 2.45) is 0 Å². The van der Waals surface area contributed by atoms with E-state index >= 15 is 0 Å². The summed E-state index contributed by atoms with van der Waals surface area (Å²) in [6.45, 7) is 4.12. The van der Waals surface area contributed by atoms with Crippen LogP contribution in [0.15, 0.2) is 22.6 Å². The zero-order valence-corrected chi connectivity index (χ0v) is 12.4. The lowest BCUT2D eigenvalue weighted by atomic mass is 10.3. The second-order valence-electron chi connectivity index (χ2n) is 3.80. The van der Waals surface area contributed by atoms with E-state index in [2.05, 4.69) is 4.98 Å². The zero-order chi connectivity index (χ0) is 13.9. The van der Waals surface area contributed by atoms with Gasteiger partial charge in [-0.05, 0) is 26.0 Å². The molecule has 5 nitrogen and oxygen atoms in total. The lowest BCUT2D eigenvalue weighted by Crippen LogP contribution is -1.99. The van der Waals surface area contributed by atoms with E-state index in [1.165, 1.54) is 0 Å². The van der Waals surface area contributed by atoms with Gasteiger partial charge in [0.25, 0.3) is 0 Å². The van der Waals surface area contributed by atoms with E-state index in [1.807, 2.05) is 0 Å². The molecule has 0 radical (unpaired) electrons. The normalized spacial score (nSPS) is 12.2. The first kappa shape index (κ1) is 14.5. The summed E-state index contributed by atoms with van der Waals surface area (Å²) in [6, 6.07) is 5.25. The maximum absolute atomic E-state index is 12.4. The van der Waals surface area contributed by atoms with Gasteiger partial charge in [-0.2, -0.15) is 0 Å². The van der Waals surface area contributed by atoms with Gasteiger partial charge in [0.2, 0.25) is 5.89 Å². The van der Waals surface area contributed by atoms with Crippen molar-refractivity contribution in [3.63, 3.8) is 0 Å². The van der Waals surface area contributed by atoms with Gasteiger partial charge in [-0.15, -0.1) is 0 Å². The number of hydrogen-bond donors (Lipinski definition) is 0. The molecule has 19 heavy (non-hydrogen) atoms. The van der Waals surface area contributed by atoms with Crippen LogP contribution in [-0.4, -0.2) is 18.2 Å². The highest BCUT2D eigenvalue weighted by molar-refractivity contribution is 7.52. The first-order valence-corrected chi connectivity index (χ1v) is 8.10. The Morgan fingerprint density at radius 2 is 2.00 bits per heavy atom. The van der Waals surface area contributed by atoms with Crippen molar-refractivity contribution in [3.05, 3.63) is 29.1 Å². The highest BCUT2D eigenvalue weighted by atomic mass is 35.5. The smallest absolute Gasteiger partial charge is 0.339 e. The first-order valence-electron chi connectivity index (χ1n) is 6.00. The van der Waals surface area contributed by atoms with E-state index in [4.69, 9.17) is 25.1 Å². The van der Waals surface area contributed by atoms with Gasteiger partial charge in [0.1, 0.15) is 11.7 Å². The molecule has 0 aliphatic heterocycles. The Hall–Kier alpha value is -0.870. The molecule has 0 bridgehead atoms. The summed E-state index contributed by atoms with van der Waals surface area (Å²) < 4.78 is 28.3. The second-order valence-corrected chi connectivity index (χ2v) is 6.26. The monoisotopic (exact) mass is 303 g/mol. The van der Waals surface area contributed by atoms with Crippen LogP contribution in [-0.2, 0) is 19.8 Å². The van der Waals surface area contributed by atoms with Crippen LogP contribution in [0, 0.1) is 0 Å². The largest absolute Gasteiger partial charge is 0.440 e. The van der Waals surface area contributed by atoms with Gasteiger partial charge >= 0.3 is 7.60 Å². The van der Waals surface area contributed by atoms with Crippen LogP contribution in [0.5, 0.6) is 0 Å². The first-order chi connectivity index (χ1) is 9.08. The molecule has 1 aromatic heterocycles. The van der Waals surface area contributed by atoms with Gasteiger partial charge in [-0.1, -0.05) is 17.7 Å². The highest BCUT2D eigenvalue weighted by Gasteiger charge is 2.27. The van der Waals surface area contributed by atoms with Gasteiger partial charge in [0.05, 0.1) is 18.2 Å². The maximum Gasteiger partial charge on any atom is 0.339 e. The van der Waals surface area contributed by atoms with Gasteiger partial charge in [-0.25, -0.2) is 4.98 Å². The minimum atomic E-state index is -3.21. The maximum atomic E-state index is 12.4.